The summed E-state index contributed by atoms with van der Waals surface area (Å²) >= 11 is 0. The number of rotatable bonds is 6. The summed E-state index contributed by atoms with van der Waals surface area (Å²) in [5.74, 6) is -0.262. The van der Waals surface area contributed by atoms with Crippen molar-refractivity contribution in [1.82, 2.24) is 4.98 Å². The highest BCUT2D eigenvalue weighted by Gasteiger charge is 2.33. The summed E-state index contributed by atoms with van der Waals surface area (Å²) in [6, 6.07) is 13.4. The quantitative estimate of drug-likeness (QED) is 0.891. The van der Waals surface area contributed by atoms with Crippen LogP contribution < -0.4 is 5.32 Å². The van der Waals surface area contributed by atoms with Crippen LogP contribution >= 0.6 is 0 Å². The van der Waals surface area contributed by atoms with E-state index in [1.165, 1.54) is 14.2 Å². The minimum absolute atomic E-state index is 0.173. The molecule has 0 spiro atoms. The van der Waals surface area contributed by atoms with Crippen molar-refractivity contribution in [2.45, 2.75) is 12.5 Å². The third kappa shape index (κ3) is 3.69. The summed E-state index contributed by atoms with van der Waals surface area (Å²) in [6.45, 7) is 1.86. The molecule has 116 valence electrons. The van der Waals surface area contributed by atoms with Crippen molar-refractivity contribution < 1.29 is 14.3 Å². The zero-order valence-electron chi connectivity index (χ0n) is 13.0. The van der Waals surface area contributed by atoms with E-state index in [0.717, 1.165) is 11.3 Å². The third-order valence-electron chi connectivity index (χ3n) is 3.44. The number of aromatic nitrogens is 1. The van der Waals surface area contributed by atoms with Crippen molar-refractivity contribution in [2.75, 3.05) is 26.1 Å². The first-order chi connectivity index (χ1) is 10.6. The lowest BCUT2D eigenvalue weighted by atomic mass is 10.1. The molecule has 1 N–H and O–H groups in total. The Bertz CT molecular complexity index is 631. The van der Waals surface area contributed by atoms with Crippen molar-refractivity contribution in [1.29, 1.82) is 0 Å². The topological polar surface area (TPSA) is 60.5 Å². The van der Waals surface area contributed by atoms with E-state index in [9.17, 15) is 4.79 Å². The van der Waals surface area contributed by atoms with E-state index in [-0.39, 0.29) is 12.5 Å². The van der Waals surface area contributed by atoms with Crippen molar-refractivity contribution in [2.24, 2.45) is 0 Å². The van der Waals surface area contributed by atoms with E-state index in [1.54, 1.807) is 19.2 Å². The number of carbonyl (C=O) groups excluding carboxylic acids is 1. The number of anilines is 1. The Morgan fingerprint density at radius 3 is 2.59 bits per heavy atom. The second-order valence-corrected chi connectivity index (χ2v) is 5.12. The maximum absolute atomic E-state index is 12.4. The number of carbonyl (C=O) groups is 1. The van der Waals surface area contributed by atoms with Gasteiger partial charge in [-0.05, 0) is 19.1 Å². The molecule has 1 amide bonds. The van der Waals surface area contributed by atoms with Crippen LogP contribution in [0.25, 0.3) is 11.3 Å². The first-order valence-corrected chi connectivity index (χ1v) is 6.96. The number of hydrogen-bond acceptors (Lipinski definition) is 4. The van der Waals surface area contributed by atoms with Crippen LogP contribution in [0.5, 0.6) is 0 Å². The van der Waals surface area contributed by atoms with Gasteiger partial charge in [0.25, 0.3) is 5.91 Å². The fourth-order valence-electron chi connectivity index (χ4n) is 2.03. The summed E-state index contributed by atoms with van der Waals surface area (Å²) in [4.78, 5) is 16.7. The molecule has 1 aromatic heterocycles. The maximum atomic E-state index is 12.4. The molecule has 1 unspecified atom stereocenters. The molecule has 0 saturated carbocycles. The summed E-state index contributed by atoms with van der Waals surface area (Å²) in [5.41, 5.74) is 1.41. The van der Waals surface area contributed by atoms with Crippen molar-refractivity contribution in [3.05, 3.63) is 48.7 Å². The Balaban J connectivity index is 2.19. The Morgan fingerprint density at radius 2 is 1.95 bits per heavy atom. The molecule has 1 aromatic carbocycles. The van der Waals surface area contributed by atoms with Crippen LogP contribution in [0.3, 0.4) is 0 Å². The molecule has 0 aliphatic carbocycles. The molecule has 5 nitrogen and oxygen atoms in total. The summed E-state index contributed by atoms with van der Waals surface area (Å²) in [7, 11) is 3.02. The highest BCUT2D eigenvalue weighted by Crippen LogP contribution is 2.21. The normalized spacial score (nSPS) is 13.4. The van der Waals surface area contributed by atoms with Gasteiger partial charge >= 0.3 is 0 Å². The van der Waals surface area contributed by atoms with Crippen LogP contribution in [-0.2, 0) is 14.3 Å². The zero-order chi connectivity index (χ0) is 16.0. The number of hydrogen-bond donors (Lipinski definition) is 1. The average Bonchev–Trinajstić information content (AvgIpc) is 2.56. The fraction of sp³-hybridized carbons (Fsp3) is 0.294. The third-order valence-corrected chi connectivity index (χ3v) is 3.44. The number of nitrogens with zero attached hydrogens (tertiary/aromatic N) is 1. The molecule has 1 atom stereocenters. The van der Waals surface area contributed by atoms with Gasteiger partial charge in [0, 0.05) is 31.7 Å². The molecule has 0 saturated heterocycles. The molecule has 0 fully saturated rings. The predicted octanol–water partition coefficient (Wildman–Crippen LogP) is 2.74. The molecule has 0 bridgehead atoms. The number of ether oxygens (including phenoxy) is 2. The van der Waals surface area contributed by atoms with E-state index in [1.807, 2.05) is 36.4 Å². The highest BCUT2D eigenvalue weighted by molar-refractivity contribution is 5.97. The number of nitrogens with one attached hydrogen (secondary N) is 1. The number of benzene rings is 1. The lowest BCUT2D eigenvalue weighted by molar-refractivity contribution is -0.141. The van der Waals surface area contributed by atoms with Gasteiger partial charge in [-0.15, -0.1) is 0 Å². The molecule has 0 aliphatic heterocycles. The van der Waals surface area contributed by atoms with Crippen LogP contribution in [0.1, 0.15) is 6.92 Å². The van der Waals surface area contributed by atoms with E-state index < -0.39 is 5.60 Å². The second-order valence-electron chi connectivity index (χ2n) is 5.12. The van der Waals surface area contributed by atoms with Crippen molar-refractivity contribution in [3.8, 4) is 11.3 Å². The molecule has 0 radical (unpaired) electrons. The van der Waals surface area contributed by atoms with Crippen LogP contribution in [0.15, 0.2) is 48.7 Å². The molecular formula is C17H20N2O3. The Hall–Kier alpha value is -2.24. The predicted molar refractivity (Wildman–Crippen MR) is 85.6 cm³/mol. The first kappa shape index (κ1) is 16.1. The summed E-state index contributed by atoms with van der Waals surface area (Å²) < 4.78 is 10.3. The zero-order valence-corrected chi connectivity index (χ0v) is 13.0. The lowest BCUT2D eigenvalue weighted by Gasteiger charge is -2.25. The average molecular weight is 300 g/mol. The van der Waals surface area contributed by atoms with Crippen LogP contribution in [0.2, 0.25) is 0 Å². The van der Waals surface area contributed by atoms with Crippen molar-refractivity contribution >= 4 is 11.6 Å². The number of pyridine rings is 1. The summed E-state index contributed by atoms with van der Waals surface area (Å²) in [6.07, 6.45) is 1.67. The van der Waals surface area contributed by atoms with Crippen LogP contribution in [-0.4, -0.2) is 37.3 Å². The van der Waals surface area contributed by atoms with Crippen LogP contribution in [0, 0.1) is 0 Å². The van der Waals surface area contributed by atoms with Gasteiger partial charge in [0.2, 0.25) is 0 Å². The van der Waals surface area contributed by atoms with Crippen LogP contribution in [0.4, 0.5) is 5.69 Å². The van der Waals surface area contributed by atoms with Gasteiger partial charge in [-0.2, -0.15) is 0 Å². The van der Waals surface area contributed by atoms with E-state index in [4.69, 9.17) is 9.47 Å². The van der Waals surface area contributed by atoms with Gasteiger partial charge in [0.05, 0.1) is 12.3 Å². The highest BCUT2D eigenvalue weighted by atomic mass is 16.5. The minimum atomic E-state index is -1.04. The molecule has 2 rings (SSSR count). The number of methoxy groups -OCH3 is 2. The second kappa shape index (κ2) is 7.15. The van der Waals surface area contributed by atoms with E-state index >= 15 is 0 Å². The van der Waals surface area contributed by atoms with Gasteiger partial charge in [-0.1, -0.05) is 30.3 Å². The smallest absolute Gasteiger partial charge is 0.258 e. The fourth-order valence-corrected chi connectivity index (χ4v) is 2.03. The minimum Gasteiger partial charge on any atom is -0.381 e. The van der Waals surface area contributed by atoms with Gasteiger partial charge in [-0.3, -0.25) is 9.78 Å². The Morgan fingerprint density at radius 1 is 1.23 bits per heavy atom. The Kier molecular flexibility index (Phi) is 5.25. The van der Waals surface area contributed by atoms with E-state index in [0.29, 0.717) is 5.69 Å². The lowest BCUT2D eigenvalue weighted by Crippen LogP contribution is -2.45. The largest absolute Gasteiger partial charge is 0.381 e. The van der Waals surface area contributed by atoms with Gasteiger partial charge in [0.15, 0.2) is 5.60 Å². The van der Waals surface area contributed by atoms with Gasteiger partial charge < -0.3 is 14.8 Å². The van der Waals surface area contributed by atoms with E-state index in [2.05, 4.69) is 10.3 Å². The molecule has 22 heavy (non-hydrogen) atoms. The Labute approximate surface area is 130 Å². The van der Waals surface area contributed by atoms with Gasteiger partial charge in [-0.25, -0.2) is 0 Å². The summed E-state index contributed by atoms with van der Waals surface area (Å²) in [5, 5.41) is 2.84. The molecule has 0 aliphatic rings. The monoisotopic (exact) mass is 300 g/mol. The first-order valence-electron chi connectivity index (χ1n) is 6.96. The molecule has 5 heteroatoms. The SMILES string of the molecule is COCC(C)(OC)C(=O)Nc1ccnc(-c2ccccc2)c1. The van der Waals surface area contributed by atoms with Gasteiger partial charge in [0.1, 0.15) is 0 Å². The molecule has 1 heterocycles. The standard InChI is InChI=1S/C17H20N2O3/c1-17(22-3,12-21-2)16(20)19-14-9-10-18-15(11-14)13-7-5-4-6-8-13/h4-11H,12H2,1-3H3,(H,18,19,20). The molecular weight excluding hydrogens is 280 g/mol. The maximum Gasteiger partial charge on any atom is 0.258 e. The van der Waals surface area contributed by atoms with Crippen molar-refractivity contribution in [3.63, 3.8) is 0 Å². The molecule has 2 aromatic rings. The number of amides is 1.